The predicted octanol–water partition coefficient (Wildman–Crippen LogP) is 4.42. The van der Waals surface area contributed by atoms with Crippen molar-refractivity contribution in [3.05, 3.63) is 140 Å². The minimum absolute atomic E-state index is 0.0180. The number of carbonyl (C=O) groups is 10. The summed E-state index contributed by atoms with van der Waals surface area (Å²) in [7, 11) is 0. The van der Waals surface area contributed by atoms with Crippen LogP contribution in [0.25, 0.3) is 0 Å². The number of rotatable bonds is 12. The van der Waals surface area contributed by atoms with Gasteiger partial charge in [-0.1, -0.05) is 53.6 Å². The molecule has 4 aliphatic rings. The third-order valence-electron chi connectivity index (χ3n) is 11.5. The van der Waals surface area contributed by atoms with Gasteiger partial charge in [0.05, 0.1) is 0 Å². The summed E-state index contributed by atoms with van der Waals surface area (Å²) in [6.07, 6.45) is 1.70. The van der Waals surface area contributed by atoms with Crippen molar-refractivity contribution in [3.8, 4) is 0 Å². The Balaban J connectivity index is 0.000000189. The molecule has 2 saturated heterocycles. The van der Waals surface area contributed by atoms with Crippen molar-refractivity contribution in [2.24, 2.45) is 0 Å². The first-order valence-corrected chi connectivity index (χ1v) is 20.6. The maximum atomic E-state index is 13.3. The molecule has 15 heteroatoms. The largest absolute Gasteiger partial charge is 0.322 e. The van der Waals surface area contributed by atoms with E-state index in [-0.39, 0.29) is 74.4 Å². The lowest BCUT2D eigenvalue weighted by Gasteiger charge is -2.29. The van der Waals surface area contributed by atoms with E-state index in [1.807, 2.05) is 26.0 Å². The number of imide groups is 2. The van der Waals surface area contributed by atoms with Crippen LogP contribution in [0.1, 0.15) is 113 Å². The number of hydrogen-bond donors (Lipinski definition) is 2. The van der Waals surface area contributed by atoms with E-state index >= 15 is 0 Å². The highest BCUT2D eigenvalue weighted by Gasteiger charge is 2.40. The van der Waals surface area contributed by atoms with Crippen LogP contribution in [-0.2, 0) is 54.7 Å². The SMILES string of the molecule is Cc1cc(C)cc(C(=O)C(=O)CCc2ccc3c(c2)CN(C2CCC(=O)NC2=O)C3=O)c1.O=C1CCC(N2Cc3cc(CCC(=O)C(=O)c4cccc(F)c4)ccc3C2=O)C(=O)N1. The molecule has 4 aliphatic heterocycles. The van der Waals surface area contributed by atoms with Crippen LogP contribution in [0, 0.1) is 19.7 Å². The highest BCUT2D eigenvalue weighted by Crippen LogP contribution is 2.30. The summed E-state index contributed by atoms with van der Waals surface area (Å²) < 4.78 is 13.3. The second kappa shape index (κ2) is 18.4. The van der Waals surface area contributed by atoms with Gasteiger partial charge in [-0.05, 0) is 98.2 Å². The van der Waals surface area contributed by atoms with Crippen molar-refractivity contribution < 1.29 is 52.3 Å². The van der Waals surface area contributed by atoms with E-state index in [2.05, 4.69) is 10.6 Å². The molecular weight excluding hydrogens is 812 g/mol. The van der Waals surface area contributed by atoms with E-state index in [4.69, 9.17) is 0 Å². The third-order valence-corrected chi connectivity index (χ3v) is 11.5. The van der Waals surface area contributed by atoms with Crippen LogP contribution in [0.5, 0.6) is 0 Å². The number of nitrogens with zero attached hydrogens (tertiary/aromatic N) is 2. The number of hydrogen-bond acceptors (Lipinski definition) is 10. The summed E-state index contributed by atoms with van der Waals surface area (Å²) in [6.45, 7) is 4.30. The number of fused-ring (bicyclic) bond motifs is 2. The van der Waals surface area contributed by atoms with Crippen LogP contribution < -0.4 is 10.6 Å². The van der Waals surface area contributed by atoms with Crippen LogP contribution in [0.2, 0.25) is 0 Å². The first-order chi connectivity index (χ1) is 30.1. The molecule has 14 nitrogen and oxygen atoms in total. The predicted molar refractivity (Wildman–Crippen MR) is 223 cm³/mol. The minimum Gasteiger partial charge on any atom is -0.322 e. The Labute approximate surface area is 361 Å². The number of aryl methyl sites for hydroxylation is 4. The molecule has 0 radical (unpaired) electrons. The van der Waals surface area contributed by atoms with Crippen LogP contribution in [0.4, 0.5) is 4.39 Å². The van der Waals surface area contributed by atoms with Gasteiger partial charge in [0.1, 0.15) is 17.9 Å². The van der Waals surface area contributed by atoms with Gasteiger partial charge in [-0.25, -0.2) is 4.39 Å². The van der Waals surface area contributed by atoms with E-state index in [0.29, 0.717) is 36.0 Å². The number of Topliss-reactive ketones (excluding diaryl/α,β-unsaturated/α-hetero) is 4. The molecule has 4 aromatic rings. The standard InChI is InChI=1S/C25H24N2O5.C23H19FN2O5/c1-14-9-15(2)11-17(10-14)23(30)21(28)7-4-16-3-5-19-18(12-16)13-27(25(19)32)20-6-8-22(29)26-24(20)31;24-16-3-1-2-14(11-16)21(29)19(27)8-5-13-4-6-17-15(10-13)12-26(23(17)31)18-7-9-20(28)25-22(18)30/h3,5,9-12,20H,4,6-8,13H2,1-2H3,(H,26,29,31);1-4,6,10-11,18H,5,7-9,12H2,(H,25,28,30). The van der Waals surface area contributed by atoms with E-state index < -0.39 is 52.8 Å². The topological polar surface area (TPSA) is 201 Å². The molecule has 0 aliphatic carbocycles. The van der Waals surface area contributed by atoms with Crippen LogP contribution >= 0.6 is 0 Å². The molecular formula is C48H43FN4O10. The first-order valence-electron chi connectivity index (χ1n) is 20.6. The summed E-state index contributed by atoms with van der Waals surface area (Å²) in [6, 6.07) is 19.5. The van der Waals surface area contributed by atoms with Crippen molar-refractivity contribution >= 4 is 58.6 Å². The molecule has 6 amide bonds. The van der Waals surface area contributed by atoms with Crippen LogP contribution in [0.3, 0.4) is 0 Å². The molecule has 63 heavy (non-hydrogen) atoms. The molecule has 322 valence electrons. The van der Waals surface area contributed by atoms with Crippen LogP contribution in [-0.4, -0.2) is 80.5 Å². The molecule has 0 bridgehead atoms. The van der Waals surface area contributed by atoms with Gasteiger partial charge in [-0.15, -0.1) is 0 Å². The quantitative estimate of drug-likeness (QED) is 0.117. The molecule has 0 spiro atoms. The van der Waals surface area contributed by atoms with Gasteiger partial charge < -0.3 is 9.80 Å². The lowest BCUT2D eigenvalue weighted by Crippen LogP contribution is -2.52. The number of carbonyl (C=O) groups excluding carboxylic acids is 10. The summed E-state index contributed by atoms with van der Waals surface area (Å²) in [4.78, 5) is 125. The van der Waals surface area contributed by atoms with Gasteiger partial charge in [0.2, 0.25) is 46.8 Å². The average Bonchev–Trinajstić information content (AvgIpc) is 3.75. The zero-order valence-corrected chi connectivity index (χ0v) is 34.6. The van der Waals surface area contributed by atoms with E-state index in [9.17, 15) is 52.3 Å². The summed E-state index contributed by atoms with van der Waals surface area (Å²) >= 11 is 0. The Morgan fingerprint density at radius 2 is 1.05 bits per heavy atom. The number of piperidine rings is 2. The van der Waals surface area contributed by atoms with Gasteiger partial charge in [-0.3, -0.25) is 58.6 Å². The normalized spacial score (nSPS) is 18.0. The monoisotopic (exact) mass is 854 g/mol. The number of amides is 6. The maximum Gasteiger partial charge on any atom is 0.255 e. The Morgan fingerprint density at radius 1 is 0.587 bits per heavy atom. The van der Waals surface area contributed by atoms with Crippen molar-refractivity contribution in [3.63, 3.8) is 0 Å². The maximum absolute atomic E-state index is 13.3. The second-order valence-electron chi connectivity index (χ2n) is 16.2. The van der Waals surface area contributed by atoms with Gasteiger partial charge in [0.15, 0.2) is 0 Å². The summed E-state index contributed by atoms with van der Waals surface area (Å²) in [5.41, 5.74) is 6.44. The van der Waals surface area contributed by atoms with Gasteiger partial charge in [-0.2, -0.15) is 0 Å². The van der Waals surface area contributed by atoms with Crippen LogP contribution in [0.15, 0.2) is 78.9 Å². The second-order valence-corrected chi connectivity index (χ2v) is 16.2. The fraction of sp³-hybridized carbons (Fsp3) is 0.292. The highest BCUT2D eigenvalue weighted by atomic mass is 19.1. The lowest BCUT2D eigenvalue weighted by molar-refractivity contribution is -0.138. The number of ketones is 4. The number of nitrogens with one attached hydrogen (secondary N) is 2. The Hall–Kier alpha value is -7.29. The number of halogens is 1. The van der Waals surface area contributed by atoms with Crippen molar-refractivity contribution in [1.82, 2.24) is 20.4 Å². The van der Waals surface area contributed by atoms with Gasteiger partial charge >= 0.3 is 0 Å². The van der Waals surface area contributed by atoms with Gasteiger partial charge in [0, 0.05) is 61.0 Å². The Morgan fingerprint density at radius 3 is 1.49 bits per heavy atom. The average molecular weight is 855 g/mol. The third kappa shape index (κ3) is 9.77. The molecule has 4 heterocycles. The van der Waals surface area contributed by atoms with E-state index in [1.54, 1.807) is 42.5 Å². The Bertz CT molecular complexity index is 2630. The molecule has 2 fully saturated rings. The molecule has 8 rings (SSSR count). The molecule has 0 saturated carbocycles. The van der Waals surface area contributed by atoms with E-state index in [1.165, 1.54) is 28.0 Å². The Kier molecular flexibility index (Phi) is 12.8. The highest BCUT2D eigenvalue weighted by molar-refractivity contribution is 6.44. The number of benzene rings is 4. The van der Waals surface area contributed by atoms with Crippen molar-refractivity contribution in [2.75, 3.05) is 0 Å². The van der Waals surface area contributed by atoms with Crippen molar-refractivity contribution in [1.29, 1.82) is 0 Å². The van der Waals surface area contributed by atoms with Crippen molar-refractivity contribution in [2.45, 2.75) is 90.4 Å². The molecule has 2 N–H and O–H groups in total. The zero-order chi connectivity index (χ0) is 45.1. The molecule has 2 unspecified atom stereocenters. The molecule has 2 atom stereocenters. The summed E-state index contributed by atoms with van der Waals surface area (Å²) in [5.74, 6) is -4.96. The first kappa shape index (κ1) is 43.8. The minimum atomic E-state index is -0.736. The molecule has 0 aromatic heterocycles. The fourth-order valence-corrected chi connectivity index (χ4v) is 8.37. The fourth-order valence-electron chi connectivity index (χ4n) is 8.37. The van der Waals surface area contributed by atoms with Gasteiger partial charge in [0.25, 0.3) is 11.8 Å². The zero-order valence-electron chi connectivity index (χ0n) is 34.6. The smallest absolute Gasteiger partial charge is 0.255 e. The lowest BCUT2D eigenvalue weighted by atomic mass is 9.97. The summed E-state index contributed by atoms with van der Waals surface area (Å²) in [5, 5.41) is 4.55. The molecule has 4 aromatic carbocycles. The van der Waals surface area contributed by atoms with E-state index in [0.717, 1.165) is 39.4 Å².